The second kappa shape index (κ2) is 4.82. The lowest BCUT2D eigenvalue weighted by Crippen LogP contribution is -2.44. The highest BCUT2D eigenvalue weighted by Crippen LogP contribution is 2.41. The number of nitro groups is 1. The first-order chi connectivity index (χ1) is 11.1. The second-order valence-corrected chi connectivity index (χ2v) is 5.59. The smallest absolute Gasteiger partial charge is 0.423 e. The zero-order valence-electron chi connectivity index (χ0n) is 12.2. The summed E-state index contributed by atoms with van der Waals surface area (Å²) in [5.41, 5.74) is -4.04. The number of hydrogen-bond donors (Lipinski definition) is 0. The Morgan fingerprint density at radius 3 is 2.54 bits per heavy atom. The van der Waals surface area contributed by atoms with E-state index in [2.05, 4.69) is 0 Å². The van der Waals surface area contributed by atoms with E-state index in [1.807, 2.05) is 0 Å². The van der Waals surface area contributed by atoms with Crippen molar-refractivity contribution in [2.24, 2.45) is 0 Å². The molecule has 1 aromatic carbocycles. The number of cyclic esters (lactones) is 1. The monoisotopic (exact) mass is 345 g/mol. The minimum absolute atomic E-state index is 0.179. The molecule has 2 aliphatic heterocycles. The van der Waals surface area contributed by atoms with Gasteiger partial charge in [0.05, 0.1) is 4.92 Å². The average molecular weight is 345 g/mol. The summed E-state index contributed by atoms with van der Waals surface area (Å²) in [7, 11) is 0. The van der Waals surface area contributed by atoms with Gasteiger partial charge in [0, 0.05) is 11.8 Å². The summed E-state index contributed by atoms with van der Waals surface area (Å²) in [6.45, 7) is 0.944. The quantitative estimate of drug-likeness (QED) is 0.605. The van der Waals surface area contributed by atoms with E-state index in [-0.39, 0.29) is 19.0 Å². The summed E-state index contributed by atoms with van der Waals surface area (Å²) in [5.74, 6) is -0.615. The van der Waals surface area contributed by atoms with E-state index in [1.165, 1.54) is 6.92 Å². The minimum Gasteiger partial charge on any atom is -0.446 e. The lowest BCUT2D eigenvalue weighted by Gasteiger charge is -2.19. The first-order valence-corrected chi connectivity index (χ1v) is 6.68. The number of anilines is 1. The van der Waals surface area contributed by atoms with Crippen molar-refractivity contribution in [2.45, 2.75) is 18.6 Å². The molecule has 0 N–H and O–H groups in total. The highest BCUT2D eigenvalue weighted by atomic mass is 19.4. The van der Waals surface area contributed by atoms with Gasteiger partial charge >= 0.3 is 12.3 Å². The van der Waals surface area contributed by atoms with E-state index >= 15 is 0 Å². The maximum Gasteiger partial charge on any atom is 0.423 e. The Bertz CT molecular complexity index is 766. The molecule has 2 fully saturated rings. The zero-order valence-corrected chi connectivity index (χ0v) is 12.2. The van der Waals surface area contributed by atoms with E-state index in [0.29, 0.717) is 12.1 Å². The molecular weight excluding hydrogens is 335 g/mol. The van der Waals surface area contributed by atoms with Crippen LogP contribution in [-0.4, -0.2) is 40.6 Å². The van der Waals surface area contributed by atoms with Crippen molar-refractivity contribution in [2.75, 3.05) is 18.2 Å². The van der Waals surface area contributed by atoms with Crippen molar-refractivity contribution in [3.8, 4) is 0 Å². The fourth-order valence-corrected chi connectivity index (χ4v) is 2.72. The number of halogens is 3. The number of hydrogen-bond acceptors (Lipinski definition) is 5. The van der Waals surface area contributed by atoms with E-state index in [0.717, 1.165) is 15.9 Å². The SMILES string of the molecule is CC12COC(=O)N1CN(c1ccc([N+](=O)[O-])c(C(F)(F)F)c1)C2=O. The molecule has 0 spiro atoms. The van der Waals surface area contributed by atoms with Gasteiger partial charge in [-0.25, -0.2) is 4.79 Å². The maximum atomic E-state index is 13.0. The van der Waals surface area contributed by atoms with Crippen molar-refractivity contribution < 1.29 is 32.4 Å². The van der Waals surface area contributed by atoms with Gasteiger partial charge in [-0.2, -0.15) is 13.2 Å². The number of ether oxygens (including phenoxy) is 1. The Morgan fingerprint density at radius 1 is 1.33 bits per heavy atom. The number of amides is 2. The number of nitrogens with zero attached hydrogens (tertiary/aromatic N) is 3. The number of fused-ring (bicyclic) bond motifs is 1. The van der Waals surface area contributed by atoms with Crippen LogP contribution in [0.15, 0.2) is 18.2 Å². The molecule has 0 aromatic heterocycles. The molecule has 2 saturated heterocycles. The van der Waals surface area contributed by atoms with Gasteiger partial charge in [-0.05, 0) is 19.1 Å². The van der Waals surface area contributed by atoms with Crippen molar-refractivity contribution >= 4 is 23.4 Å². The molecule has 128 valence electrons. The minimum atomic E-state index is -4.96. The van der Waals surface area contributed by atoms with Crippen molar-refractivity contribution in [3.05, 3.63) is 33.9 Å². The van der Waals surface area contributed by atoms with Crippen LogP contribution in [-0.2, 0) is 15.7 Å². The Balaban J connectivity index is 2.04. The van der Waals surface area contributed by atoms with Crippen LogP contribution >= 0.6 is 0 Å². The molecule has 24 heavy (non-hydrogen) atoms. The molecule has 0 saturated carbocycles. The standard InChI is InChI=1S/C13H10F3N3O5/c1-12-5-24-11(21)18(12)6-17(10(12)20)7-2-3-9(19(22)23)8(4-7)13(14,15)16/h2-4H,5-6H2,1H3. The number of rotatable bonds is 2. The average Bonchev–Trinajstić information content (AvgIpc) is 2.93. The van der Waals surface area contributed by atoms with E-state index < -0.39 is 39.9 Å². The summed E-state index contributed by atoms with van der Waals surface area (Å²) in [5, 5.41) is 10.8. The fourth-order valence-electron chi connectivity index (χ4n) is 2.72. The largest absolute Gasteiger partial charge is 0.446 e. The predicted octanol–water partition coefficient (Wildman–Crippen LogP) is 2.13. The maximum absolute atomic E-state index is 13.0. The number of carbonyl (C=O) groups is 2. The lowest BCUT2D eigenvalue weighted by atomic mass is 10.0. The van der Waals surface area contributed by atoms with Gasteiger partial charge in [-0.1, -0.05) is 0 Å². The summed E-state index contributed by atoms with van der Waals surface area (Å²) in [6, 6.07) is 2.27. The molecule has 0 bridgehead atoms. The van der Waals surface area contributed by atoms with Crippen molar-refractivity contribution in [3.63, 3.8) is 0 Å². The molecule has 3 rings (SSSR count). The summed E-state index contributed by atoms with van der Waals surface area (Å²) < 4.78 is 43.9. The number of carbonyl (C=O) groups excluding carboxylic acids is 2. The van der Waals surface area contributed by atoms with Crippen LogP contribution in [0.2, 0.25) is 0 Å². The molecule has 8 nitrogen and oxygen atoms in total. The highest BCUT2D eigenvalue weighted by molar-refractivity contribution is 6.06. The fraction of sp³-hybridized carbons (Fsp3) is 0.385. The van der Waals surface area contributed by atoms with Crippen LogP contribution in [0.3, 0.4) is 0 Å². The molecule has 0 aliphatic carbocycles. The van der Waals surface area contributed by atoms with E-state index in [4.69, 9.17) is 4.74 Å². The van der Waals surface area contributed by atoms with E-state index in [1.54, 1.807) is 0 Å². The summed E-state index contributed by atoms with van der Waals surface area (Å²) >= 11 is 0. The lowest BCUT2D eigenvalue weighted by molar-refractivity contribution is -0.388. The van der Waals surface area contributed by atoms with Gasteiger partial charge in [0.1, 0.15) is 18.8 Å². The van der Waals surface area contributed by atoms with Gasteiger partial charge in [-0.3, -0.25) is 24.7 Å². The molecule has 11 heteroatoms. The number of alkyl halides is 3. The van der Waals surface area contributed by atoms with Crippen LogP contribution in [0.5, 0.6) is 0 Å². The molecule has 2 aliphatic rings. The van der Waals surface area contributed by atoms with Gasteiger partial charge in [0.15, 0.2) is 5.54 Å². The van der Waals surface area contributed by atoms with Gasteiger partial charge in [-0.15, -0.1) is 0 Å². The van der Waals surface area contributed by atoms with Crippen LogP contribution in [0, 0.1) is 10.1 Å². The Kier molecular flexibility index (Phi) is 3.22. The number of benzene rings is 1. The van der Waals surface area contributed by atoms with E-state index in [9.17, 15) is 32.9 Å². The van der Waals surface area contributed by atoms with Crippen LogP contribution in [0.1, 0.15) is 12.5 Å². The third-order valence-corrected chi connectivity index (χ3v) is 4.08. The predicted molar refractivity (Wildman–Crippen MR) is 72.0 cm³/mol. The molecule has 1 unspecified atom stereocenters. The molecule has 2 amide bonds. The molecule has 2 heterocycles. The highest BCUT2D eigenvalue weighted by Gasteiger charge is 2.57. The topological polar surface area (TPSA) is 93.0 Å². The third kappa shape index (κ3) is 2.15. The van der Waals surface area contributed by atoms with Crippen molar-refractivity contribution in [1.29, 1.82) is 0 Å². The van der Waals surface area contributed by atoms with Gasteiger partial charge < -0.3 is 4.74 Å². The molecule has 1 aromatic rings. The summed E-state index contributed by atoms with van der Waals surface area (Å²) in [4.78, 5) is 35.8. The Labute approximate surface area is 132 Å². The zero-order chi connectivity index (χ0) is 17.9. The van der Waals surface area contributed by atoms with Crippen LogP contribution in [0.25, 0.3) is 0 Å². The third-order valence-electron chi connectivity index (χ3n) is 4.08. The molecular formula is C13H10F3N3O5. The molecule has 0 radical (unpaired) electrons. The normalized spacial score (nSPS) is 23.5. The van der Waals surface area contributed by atoms with Crippen LogP contribution < -0.4 is 4.90 Å². The Hall–Kier alpha value is -2.85. The van der Waals surface area contributed by atoms with Crippen molar-refractivity contribution in [1.82, 2.24) is 4.90 Å². The first kappa shape index (κ1) is 16.0. The number of nitro benzene ring substituents is 1. The molecule has 1 atom stereocenters. The van der Waals surface area contributed by atoms with Gasteiger partial charge in [0.25, 0.3) is 11.6 Å². The van der Waals surface area contributed by atoms with Crippen LogP contribution in [0.4, 0.5) is 29.3 Å². The summed E-state index contributed by atoms with van der Waals surface area (Å²) in [6.07, 6.45) is -5.70. The first-order valence-electron chi connectivity index (χ1n) is 6.68. The second-order valence-electron chi connectivity index (χ2n) is 5.59. The Morgan fingerprint density at radius 2 is 2.00 bits per heavy atom. The van der Waals surface area contributed by atoms with Gasteiger partial charge in [0.2, 0.25) is 0 Å².